The Morgan fingerprint density at radius 2 is 1.76 bits per heavy atom. The van der Waals surface area contributed by atoms with Gasteiger partial charge in [0.05, 0.1) is 13.2 Å². The Morgan fingerprint density at radius 3 is 2.45 bits per heavy atom. The van der Waals surface area contributed by atoms with E-state index in [4.69, 9.17) is 9.47 Å². The summed E-state index contributed by atoms with van der Waals surface area (Å²) in [4.78, 5) is 34.5. The number of thioether (sulfide) groups is 1. The van der Waals surface area contributed by atoms with Crippen LogP contribution in [0.3, 0.4) is 0 Å². The maximum atomic E-state index is 12.8. The van der Waals surface area contributed by atoms with E-state index in [1.165, 1.54) is 23.4 Å². The number of fused-ring (bicyclic) bond motifs is 1. The molecule has 29 heavy (non-hydrogen) atoms. The fraction of sp³-hybridized carbons (Fsp3) is 0.400. The summed E-state index contributed by atoms with van der Waals surface area (Å²) in [6, 6.07) is 7.83. The van der Waals surface area contributed by atoms with Gasteiger partial charge in [0.2, 0.25) is 0 Å². The Labute approximate surface area is 171 Å². The highest BCUT2D eigenvalue weighted by Gasteiger charge is 2.20. The van der Waals surface area contributed by atoms with Gasteiger partial charge in [-0.3, -0.25) is 13.9 Å². The minimum absolute atomic E-state index is 0.223. The minimum Gasteiger partial charge on any atom is -0.350 e. The summed E-state index contributed by atoms with van der Waals surface area (Å²) in [5, 5.41) is 0.906. The third-order valence-corrected chi connectivity index (χ3v) is 5.87. The van der Waals surface area contributed by atoms with Crippen LogP contribution in [0.25, 0.3) is 22.4 Å². The molecule has 8 nitrogen and oxygen atoms in total. The van der Waals surface area contributed by atoms with Crippen LogP contribution in [-0.2, 0) is 23.6 Å². The summed E-state index contributed by atoms with van der Waals surface area (Å²) in [5.74, 6) is 1.15. The van der Waals surface area contributed by atoms with Crippen LogP contribution < -0.4 is 11.2 Å². The van der Waals surface area contributed by atoms with E-state index in [2.05, 4.69) is 9.97 Å². The first-order chi connectivity index (χ1) is 14.0. The van der Waals surface area contributed by atoms with Crippen molar-refractivity contribution in [2.75, 3.05) is 19.0 Å². The fourth-order valence-corrected chi connectivity index (χ4v) is 4.17. The number of nitrogens with zero attached hydrogens (tertiary/aromatic N) is 4. The molecule has 0 N–H and O–H groups in total. The van der Waals surface area contributed by atoms with Crippen molar-refractivity contribution in [3.63, 3.8) is 0 Å². The lowest BCUT2D eigenvalue weighted by atomic mass is 10.1. The molecule has 0 radical (unpaired) electrons. The molecule has 9 heteroatoms. The number of ether oxygens (including phenoxy) is 2. The first-order valence-electron chi connectivity index (χ1n) is 9.36. The van der Waals surface area contributed by atoms with E-state index >= 15 is 0 Å². The zero-order valence-corrected chi connectivity index (χ0v) is 17.4. The van der Waals surface area contributed by atoms with Gasteiger partial charge in [-0.1, -0.05) is 29.8 Å². The van der Waals surface area contributed by atoms with E-state index in [0.717, 1.165) is 15.7 Å². The first-order valence-corrected chi connectivity index (χ1v) is 10.3. The Balaban J connectivity index is 1.82. The van der Waals surface area contributed by atoms with Gasteiger partial charge in [-0.25, -0.2) is 14.8 Å². The number of hydrogen-bond donors (Lipinski definition) is 0. The maximum Gasteiger partial charge on any atom is 0.332 e. The standard InChI is InChI=1S/C20H22N4O4S/c1-12-4-6-13(7-5-12)16-21-17-15(19(25)24(3)20(26)23(17)2)18(22-16)29-11-8-14-27-9-10-28-14/h4-7,14H,8-11H2,1-3H3. The zero-order valence-electron chi connectivity index (χ0n) is 16.5. The van der Waals surface area contributed by atoms with Gasteiger partial charge < -0.3 is 9.47 Å². The van der Waals surface area contributed by atoms with Gasteiger partial charge in [0.15, 0.2) is 17.8 Å². The van der Waals surface area contributed by atoms with Crippen molar-refractivity contribution in [1.82, 2.24) is 19.1 Å². The van der Waals surface area contributed by atoms with Crippen molar-refractivity contribution >= 4 is 22.8 Å². The third-order valence-electron chi connectivity index (χ3n) is 4.86. The number of aryl methyl sites for hydroxylation is 2. The molecule has 4 rings (SSSR count). The number of aromatic nitrogens is 4. The monoisotopic (exact) mass is 414 g/mol. The summed E-state index contributed by atoms with van der Waals surface area (Å²) in [5.41, 5.74) is 1.48. The molecule has 0 saturated carbocycles. The van der Waals surface area contributed by atoms with Gasteiger partial charge in [0, 0.05) is 31.8 Å². The lowest BCUT2D eigenvalue weighted by Gasteiger charge is -2.13. The molecule has 0 unspecified atom stereocenters. The smallest absolute Gasteiger partial charge is 0.332 e. The SMILES string of the molecule is Cc1ccc(-c2nc(SCCC3OCCO3)c3c(=O)n(C)c(=O)n(C)c3n2)cc1. The highest BCUT2D eigenvalue weighted by atomic mass is 32.2. The summed E-state index contributed by atoms with van der Waals surface area (Å²) in [6.45, 7) is 3.21. The molecule has 1 fully saturated rings. The first kappa shape index (κ1) is 19.8. The van der Waals surface area contributed by atoms with Crippen LogP contribution in [0.1, 0.15) is 12.0 Å². The third kappa shape index (κ3) is 3.85. The molecule has 0 amide bonds. The fourth-order valence-electron chi connectivity index (χ4n) is 3.19. The van der Waals surface area contributed by atoms with E-state index in [1.54, 1.807) is 7.05 Å². The highest BCUT2D eigenvalue weighted by Crippen LogP contribution is 2.27. The van der Waals surface area contributed by atoms with E-state index in [-0.39, 0.29) is 6.29 Å². The molecule has 2 aromatic heterocycles. The Kier molecular flexibility index (Phi) is 5.53. The topological polar surface area (TPSA) is 88.2 Å². The largest absolute Gasteiger partial charge is 0.350 e. The van der Waals surface area contributed by atoms with Crippen molar-refractivity contribution in [2.24, 2.45) is 14.1 Å². The van der Waals surface area contributed by atoms with Crippen molar-refractivity contribution < 1.29 is 9.47 Å². The molecular formula is C20H22N4O4S. The average Bonchev–Trinajstić information content (AvgIpc) is 3.24. The van der Waals surface area contributed by atoms with Gasteiger partial charge in [0.1, 0.15) is 10.4 Å². The Morgan fingerprint density at radius 1 is 1.07 bits per heavy atom. The molecule has 3 heterocycles. The summed E-state index contributed by atoms with van der Waals surface area (Å²) in [6.07, 6.45) is 0.460. The lowest BCUT2D eigenvalue weighted by molar-refractivity contribution is -0.0421. The highest BCUT2D eigenvalue weighted by molar-refractivity contribution is 7.99. The van der Waals surface area contributed by atoms with Gasteiger partial charge >= 0.3 is 5.69 Å². The second-order valence-electron chi connectivity index (χ2n) is 6.93. The number of hydrogen-bond acceptors (Lipinski definition) is 7. The van der Waals surface area contributed by atoms with Crippen molar-refractivity contribution in [3.8, 4) is 11.4 Å². The van der Waals surface area contributed by atoms with E-state index < -0.39 is 11.2 Å². The molecule has 0 atom stereocenters. The van der Waals surface area contributed by atoms with Crippen LogP contribution in [0, 0.1) is 6.92 Å². The summed E-state index contributed by atoms with van der Waals surface area (Å²) < 4.78 is 13.4. The molecule has 1 aliphatic heterocycles. The quantitative estimate of drug-likeness (QED) is 0.465. The van der Waals surface area contributed by atoms with Crippen molar-refractivity contribution in [3.05, 3.63) is 50.7 Å². The predicted molar refractivity (Wildman–Crippen MR) is 111 cm³/mol. The second-order valence-corrected chi connectivity index (χ2v) is 8.01. The van der Waals surface area contributed by atoms with Gasteiger partial charge in [-0.15, -0.1) is 11.8 Å². The normalized spacial score (nSPS) is 14.7. The maximum absolute atomic E-state index is 12.8. The summed E-state index contributed by atoms with van der Waals surface area (Å²) in [7, 11) is 3.08. The molecule has 1 aromatic carbocycles. The lowest BCUT2D eigenvalue weighted by Crippen LogP contribution is -2.37. The molecule has 1 aliphatic rings. The van der Waals surface area contributed by atoms with Crippen LogP contribution in [0.4, 0.5) is 0 Å². The Hall–Kier alpha value is -2.49. The van der Waals surface area contributed by atoms with Crippen molar-refractivity contribution in [1.29, 1.82) is 0 Å². The second kappa shape index (κ2) is 8.10. The Bertz CT molecular complexity index is 1160. The number of rotatable bonds is 5. The van der Waals surface area contributed by atoms with E-state index in [9.17, 15) is 9.59 Å². The van der Waals surface area contributed by atoms with Crippen molar-refractivity contribution in [2.45, 2.75) is 24.7 Å². The van der Waals surface area contributed by atoms with Gasteiger partial charge in [0.25, 0.3) is 5.56 Å². The van der Waals surface area contributed by atoms with Crippen LogP contribution in [0.15, 0.2) is 38.9 Å². The zero-order chi connectivity index (χ0) is 20.5. The molecule has 0 bridgehead atoms. The van der Waals surface area contributed by atoms with Crippen LogP contribution in [0.2, 0.25) is 0 Å². The molecule has 152 valence electrons. The van der Waals surface area contributed by atoms with Gasteiger partial charge in [-0.05, 0) is 6.92 Å². The average molecular weight is 414 g/mol. The molecular weight excluding hydrogens is 392 g/mol. The molecule has 0 aliphatic carbocycles. The summed E-state index contributed by atoms with van der Waals surface area (Å²) >= 11 is 1.45. The van der Waals surface area contributed by atoms with E-state index in [0.29, 0.717) is 47.3 Å². The van der Waals surface area contributed by atoms with Gasteiger partial charge in [-0.2, -0.15) is 0 Å². The van der Waals surface area contributed by atoms with Crippen LogP contribution in [-0.4, -0.2) is 44.4 Å². The van der Waals surface area contributed by atoms with Crippen LogP contribution >= 0.6 is 11.8 Å². The van der Waals surface area contributed by atoms with Crippen LogP contribution in [0.5, 0.6) is 0 Å². The van der Waals surface area contributed by atoms with E-state index in [1.807, 2.05) is 31.2 Å². The minimum atomic E-state index is -0.417. The molecule has 1 saturated heterocycles. The predicted octanol–water partition coefficient (Wildman–Crippen LogP) is 1.86. The molecule has 0 spiro atoms. The molecule has 3 aromatic rings. The number of benzene rings is 1.